The second-order valence-electron chi connectivity index (χ2n) is 4.53. The van der Waals surface area contributed by atoms with Crippen LogP contribution in [0.25, 0.3) is 0 Å². The number of nitrogens with one attached hydrogen (secondary N) is 1. The molecule has 5 nitrogen and oxygen atoms in total. The molecule has 5 N–H and O–H groups in total. The van der Waals surface area contributed by atoms with Crippen LogP contribution in [0.3, 0.4) is 0 Å². The topological polar surface area (TPSA) is 79.4 Å². The first-order valence-electron chi connectivity index (χ1n) is 5.76. The van der Waals surface area contributed by atoms with Gasteiger partial charge >= 0.3 is 5.96 Å². The zero-order valence-electron chi connectivity index (χ0n) is 10.4. The summed E-state index contributed by atoms with van der Waals surface area (Å²) < 4.78 is 2.98. The Hall–Kier alpha value is -1.56. The molecule has 96 valence electrons. The fourth-order valence-corrected chi connectivity index (χ4v) is 2.17. The first-order chi connectivity index (χ1) is 8.49. The summed E-state index contributed by atoms with van der Waals surface area (Å²) in [5.74, 6) is 1.16. The molecule has 0 saturated carbocycles. The minimum Gasteiger partial charge on any atom is -0.357 e. The standard InChI is InChI=1S/C12H16BrN5/c1-7(2)10-16-11(14)17-12(15)18(10)9-5-3-8(13)4-6-9/h3-7,10H,1-2H3,(H4,14,15,16,17)/p+1. The quantitative estimate of drug-likeness (QED) is 0.721. The number of nitrogens with two attached hydrogens (primary N) is 2. The van der Waals surface area contributed by atoms with Gasteiger partial charge in [-0.05, 0) is 24.3 Å². The first-order valence-corrected chi connectivity index (χ1v) is 6.56. The van der Waals surface area contributed by atoms with E-state index in [2.05, 4.69) is 40.1 Å². The molecule has 0 aliphatic carbocycles. The van der Waals surface area contributed by atoms with Crippen LogP contribution in [-0.4, -0.2) is 22.7 Å². The molecule has 2 rings (SSSR count). The van der Waals surface area contributed by atoms with Crippen LogP contribution in [0.5, 0.6) is 0 Å². The highest BCUT2D eigenvalue weighted by molar-refractivity contribution is 9.10. The predicted octanol–water partition coefficient (Wildman–Crippen LogP) is 1.31. The maximum atomic E-state index is 6.03. The molecule has 0 saturated heterocycles. The van der Waals surface area contributed by atoms with Crippen molar-refractivity contribution in [1.82, 2.24) is 5.32 Å². The highest BCUT2D eigenvalue weighted by atomic mass is 79.9. The number of hydrogen-bond acceptors (Lipinski definition) is 4. The molecular formula is C12H17BrN5+. The van der Waals surface area contributed by atoms with E-state index < -0.39 is 0 Å². The third-order valence-electron chi connectivity index (χ3n) is 2.75. The van der Waals surface area contributed by atoms with E-state index in [1.54, 1.807) is 0 Å². The van der Waals surface area contributed by atoms with Crippen LogP contribution in [0.4, 0.5) is 5.69 Å². The SMILES string of the molecule is CC(C)C1N=C(N)NC(N)=[N+]1c1ccc(Br)cc1. The van der Waals surface area contributed by atoms with Gasteiger partial charge in [-0.15, -0.1) is 0 Å². The van der Waals surface area contributed by atoms with Crippen molar-refractivity contribution in [1.29, 1.82) is 0 Å². The van der Waals surface area contributed by atoms with Crippen molar-refractivity contribution in [3.05, 3.63) is 28.7 Å². The Kier molecular flexibility index (Phi) is 3.56. The minimum atomic E-state index is -0.0903. The molecule has 1 heterocycles. The van der Waals surface area contributed by atoms with Gasteiger partial charge < -0.3 is 5.73 Å². The number of halogens is 1. The van der Waals surface area contributed by atoms with E-state index in [9.17, 15) is 0 Å². The van der Waals surface area contributed by atoms with Gasteiger partial charge in [-0.2, -0.15) is 4.99 Å². The van der Waals surface area contributed by atoms with Gasteiger partial charge in [0.15, 0.2) is 6.17 Å². The molecule has 0 spiro atoms. The molecule has 0 radical (unpaired) electrons. The van der Waals surface area contributed by atoms with E-state index >= 15 is 0 Å². The van der Waals surface area contributed by atoms with Gasteiger partial charge in [0.2, 0.25) is 0 Å². The maximum Gasteiger partial charge on any atom is 0.357 e. The van der Waals surface area contributed by atoms with Gasteiger partial charge in [0.05, 0.1) is 0 Å². The van der Waals surface area contributed by atoms with Crippen LogP contribution in [-0.2, 0) is 0 Å². The van der Waals surface area contributed by atoms with Crippen LogP contribution in [0, 0.1) is 5.92 Å². The summed E-state index contributed by atoms with van der Waals surface area (Å²) in [6.45, 7) is 4.18. The summed E-state index contributed by atoms with van der Waals surface area (Å²) in [6, 6.07) is 7.93. The molecule has 18 heavy (non-hydrogen) atoms. The third kappa shape index (κ3) is 2.48. The zero-order valence-corrected chi connectivity index (χ0v) is 12.0. The fourth-order valence-electron chi connectivity index (χ4n) is 1.91. The molecule has 1 aliphatic rings. The van der Waals surface area contributed by atoms with Crippen LogP contribution < -0.4 is 16.8 Å². The summed E-state index contributed by atoms with van der Waals surface area (Å²) in [4.78, 5) is 4.41. The van der Waals surface area contributed by atoms with Gasteiger partial charge in [-0.25, -0.2) is 9.89 Å². The van der Waals surface area contributed by atoms with Crippen molar-refractivity contribution in [2.45, 2.75) is 20.0 Å². The summed E-state index contributed by atoms with van der Waals surface area (Å²) in [7, 11) is 0. The van der Waals surface area contributed by atoms with Crippen molar-refractivity contribution < 1.29 is 4.58 Å². The fraction of sp³-hybridized carbons (Fsp3) is 0.333. The number of aliphatic imine (C=N–C) groups is 1. The Bertz CT molecular complexity index is 504. The average molecular weight is 311 g/mol. The highest BCUT2D eigenvalue weighted by Crippen LogP contribution is 2.22. The van der Waals surface area contributed by atoms with Gasteiger partial charge in [0.1, 0.15) is 5.69 Å². The van der Waals surface area contributed by atoms with Crippen molar-refractivity contribution in [3.8, 4) is 0 Å². The lowest BCUT2D eigenvalue weighted by atomic mass is 10.1. The van der Waals surface area contributed by atoms with Crippen molar-refractivity contribution in [2.75, 3.05) is 0 Å². The average Bonchev–Trinajstić information content (AvgIpc) is 2.29. The number of nitrogens with zero attached hydrogens (tertiary/aromatic N) is 2. The number of guanidine groups is 2. The Labute approximate surface area is 115 Å². The lowest BCUT2D eigenvalue weighted by Crippen LogP contribution is -2.53. The summed E-state index contributed by atoms with van der Waals surface area (Å²) in [5.41, 5.74) is 12.7. The molecule has 0 fully saturated rings. The second kappa shape index (κ2) is 4.97. The Balaban J connectivity index is 2.46. The molecule has 1 unspecified atom stereocenters. The smallest absolute Gasteiger partial charge is 0.357 e. The Morgan fingerprint density at radius 3 is 2.44 bits per heavy atom. The van der Waals surface area contributed by atoms with E-state index in [1.807, 2.05) is 28.8 Å². The molecular weight excluding hydrogens is 294 g/mol. The summed E-state index contributed by atoms with van der Waals surface area (Å²) in [6.07, 6.45) is -0.0903. The minimum absolute atomic E-state index is 0.0903. The van der Waals surface area contributed by atoms with E-state index in [-0.39, 0.29) is 6.17 Å². The van der Waals surface area contributed by atoms with Crippen molar-refractivity contribution >= 4 is 33.5 Å². The van der Waals surface area contributed by atoms with Crippen molar-refractivity contribution in [3.63, 3.8) is 0 Å². The molecule has 6 heteroatoms. The van der Waals surface area contributed by atoms with Crippen molar-refractivity contribution in [2.24, 2.45) is 22.4 Å². The molecule has 0 bridgehead atoms. The van der Waals surface area contributed by atoms with Crippen LogP contribution in [0.1, 0.15) is 13.8 Å². The van der Waals surface area contributed by atoms with Gasteiger partial charge in [-0.3, -0.25) is 5.73 Å². The van der Waals surface area contributed by atoms with Crippen LogP contribution in [0.15, 0.2) is 33.7 Å². The van der Waals surface area contributed by atoms with E-state index in [0.717, 1.165) is 10.2 Å². The predicted molar refractivity (Wildman–Crippen MR) is 76.6 cm³/mol. The number of hydrogen-bond donors (Lipinski definition) is 3. The lowest BCUT2D eigenvalue weighted by molar-refractivity contribution is -0.496. The Morgan fingerprint density at radius 2 is 1.89 bits per heavy atom. The van der Waals surface area contributed by atoms with E-state index in [4.69, 9.17) is 11.5 Å². The number of rotatable bonds is 2. The normalized spacial score (nSPS) is 19.8. The molecule has 1 aromatic carbocycles. The lowest BCUT2D eigenvalue weighted by Gasteiger charge is -2.24. The van der Waals surface area contributed by atoms with Gasteiger partial charge in [0, 0.05) is 10.4 Å². The monoisotopic (exact) mass is 310 g/mol. The van der Waals surface area contributed by atoms with Crippen LogP contribution >= 0.6 is 15.9 Å². The number of benzene rings is 1. The first kappa shape index (κ1) is 12.9. The molecule has 0 amide bonds. The molecule has 1 aliphatic heterocycles. The summed E-state index contributed by atoms with van der Waals surface area (Å²) in [5, 5.41) is 2.86. The molecule has 1 atom stereocenters. The molecule has 0 aromatic heterocycles. The highest BCUT2D eigenvalue weighted by Gasteiger charge is 2.29. The van der Waals surface area contributed by atoms with Gasteiger partial charge in [-0.1, -0.05) is 29.8 Å². The third-order valence-corrected chi connectivity index (χ3v) is 3.28. The Morgan fingerprint density at radius 1 is 1.28 bits per heavy atom. The van der Waals surface area contributed by atoms with Gasteiger partial charge in [0.25, 0.3) is 5.96 Å². The maximum absolute atomic E-state index is 6.03. The molecule has 1 aromatic rings. The second-order valence-corrected chi connectivity index (χ2v) is 5.44. The van der Waals surface area contributed by atoms with E-state index in [0.29, 0.717) is 17.8 Å². The zero-order chi connectivity index (χ0) is 13.3. The summed E-state index contributed by atoms with van der Waals surface area (Å²) >= 11 is 3.42. The largest absolute Gasteiger partial charge is 0.357 e. The van der Waals surface area contributed by atoms with Crippen LogP contribution in [0.2, 0.25) is 0 Å². The van der Waals surface area contributed by atoms with E-state index in [1.165, 1.54) is 0 Å².